The highest BCUT2D eigenvalue weighted by atomic mass is 32.2. The summed E-state index contributed by atoms with van der Waals surface area (Å²) in [5.41, 5.74) is 1.21. The van der Waals surface area contributed by atoms with Gasteiger partial charge in [-0.1, -0.05) is 25.6 Å². The smallest absolute Gasteiger partial charge is 0.262 e. The summed E-state index contributed by atoms with van der Waals surface area (Å²) >= 11 is 2.96. The first-order valence-electron chi connectivity index (χ1n) is 7.88. The van der Waals surface area contributed by atoms with Crippen LogP contribution in [-0.2, 0) is 24.7 Å². The molecule has 0 aromatic carbocycles. The Morgan fingerprint density at radius 3 is 2.96 bits per heavy atom. The maximum absolute atomic E-state index is 12.6. The van der Waals surface area contributed by atoms with Gasteiger partial charge in [0.05, 0.1) is 11.1 Å². The fraction of sp³-hybridized carbons (Fsp3) is 0.562. The zero-order valence-corrected chi connectivity index (χ0v) is 15.3. The molecule has 1 N–H and O–H groups in total. The highest BCUT2D eigenvalue weighted by molar-refractivity contribution is 7.99. The number of aryl methyl sites for hydroxylation is 2. The summed E-state index contributed by atoms with van der Waals surface area (Å²) in [6.07, 6.45) is 3.17. The number of aromatic nitrogens is 2. The summed E-state index contributed by atoms with van der Waals surface area (Å²) in [5.74, 6) is 0.687. The Morgan fingerprint density at radius 2 is 2.22 bits per heavy atom. The highest BCUT2D eigenvalue weighted by Crippen LogP contribution is 2.35. The van der Waals surface area contributed by atoms with Crippen LogP contribution in [-0.4, -0.2) is 27.8 Å². The van der Waals surface area contributed by atoms with Gasteiger partial charge in [-0.15, -0.1) is 11.3 Å². The molecule has 5 nitrogen and oxygen atoms in total. The van der Waals surface area contributed by atoms with E-state index in [2.05, 4.69) is 24.1 Å². The van der Waals surface area contributed by atoms with E-state index in [1.807, 2.05) is 0 Å². The molecule has 0 saturated heterocycles. The summed E-state index contributed by atoms with van der Waals surface area (Å²) in [5, 5.41) is 4.29. The van der Waals surface area contributed by atoms with E-state index in [9.17, 15) is 9.59 Å². The molecule has 2 aromatic rings. The van der Waals surface area contributed by atoms with E-state index in [0.29, 0.717) is 17.6 Å². The molecule has 1 aliphatic carbocycles. The van der Waals surface area contributed by atoms with Crippen molar-refractivity contribution >= 4 is 39.2 Å². The summed E-state index contributed by atoms with van der Waals surface area (Å²) in [6.45, 7) is 4.79. The average molecular weight is 351 g/mol. The second-order valence-corrected chi connectivity index (χ2v) is 8.31. The quantitative estimate of drug-likeness (QED) is 0.663. The number of carbonyl (C=O) groups is 1. The minimum Gasteiger partial charge on any atom is -0.355 e. The van der Waals surface area contributed by atoms with Gasteiger partial charge in [0.15, 0.2) is 5.16 Å². The molecular formula is C16H21N3O2S2. The first kappa shape index (κ1) is 16.5. The lowest BCUT2D eigenvalue weighted by atomic mass is 10.2. The molecule has 0 spiro atoms. The molecule has 124 valence electrons. The normalized spacial score (nSPS) is 13.7. The zero-order chi connectivity index (χ0) is 16.6. The minimum absolute atomic E-state index is 0.0134. The summed E-state index contributed by atoms with van der Waals surface area (Å²) in [6, 6.07) is 0. The van der Waals surface area contributed by atoms with E-state index in [4.69, 9.17) is 0 Å². The standard InChI is InChI=1S/C16H21N3O2S2/c1-9(2)7-17-12(20)8-22-16-18-14-13(15(21)19(16)3)10-5-4-6-11(10)23-14/h9H,4-8H2,1-3H3,(H,17,20). The number of amides is 1. The van der Waals surface area contributed by atoms with Crippen molar-refractivity contribution in [2.24, 2.45) is 13.0 Å². The first-order chi connectivity index (χ1) is 11.0. The van der Waals surface area contributed by atoms with Gasteiger partial charge in [-0.25, -0.2) is 4.98 Å². The third kappa shape index (κ3) is 3.30. The van der Waals surface area contributed by atoms with Crippen LogP contribution in [0, 0.1) is 5.92 Å². The molecule has 23 heavy (non-hydrogen) atoms. The second-order valence-electron chi connectivity index (χ2n) is 6.28. The number of thioether (sulfide) groups is 1. The van der Waals surface area contributed by atoms with Crippen LogP contribution in [0.25, 0.3) is 10.2 Å². The third-order valence-corrected chi connectivity index (χ3v) is 6.16. The molecule has 0 radical (unpaired) electrons. The number of carbonyl (C=O) groups excluding carboxylic acids is 1. The van der Waals surface area contributed by atoms with Crippen molar-refractivity contribution in [1.29, 1.82) is 0 Å². The molecule has 0 atom stereocenters. The molecule has 0 fully saturated rings. The molecule has 0 unspecified atom stereocenters. The van der Waals surface area contributed by atoms with Crippen LogP contribution in [0.15, 0.2) is 9.95 Å². The van der Waals surface area contributed by atoms with E-state index in [0.717, 1.165) is 29.5 Å². The SMILES string of the molecule is CC(C)CNC(=O)CSc1nc2sc3c(c2c(=O)n1C)CCC3. The Bertz CT molecular complexity index is 808. The molecule has 3 rings (SSSR count). The maximum Gasteiger partial charge on any atom is 0.262 e. The van der Waals surface area contributed by atoms with Gasteiger partial charge in [-0.2, -0.15) is 0 Å². The van der Waals surface area contributed by atoms with E-state index in [1.165, 1.54) is 22.2 Å². The van der Waals surface area contributed by atoms with Gasteiger partial charge in [0.2, 0.25) is 5.91 Å². The number of thiophene rings is 1. The van der Waals surface area contributed by atoms with Crippen LogP contribution >= 0.6 is 23.1 Å². The van der Waals surface area contributed by atoms with E-state index in [-0.39, 0.29) is 17.2 Å². The lowest BCUT2D eigenvalue weighted by Crippen LogP contribution is -2.29. The lowest BCUT2D eigenvalue weighted by molar-refractivity contribution is -0.118. The number of fused-ring (bicyclic) bond motifs is 3. The van der Waals surface area contributed by atoms with Gasteiger partial charge in [-0.05, 0) is 30.7 Å². The van der Waals surface area contributed by atoms with Gasteiger partial charge in [0, 0.05) is 18.5 Å². The van der Waals surface area contributed by atoms with Crippen LogP contribution in [0.3, 0.4) is 0 Å². The van der Waals surface area contributed by atoms with Crippen molar-refractivity contribution in [3.63, 3.8) is 0 Å². The molecule has 1 amide bonds. The van der Waals surface area contributed by atoms with Crippen molar-refractivity contribution in [2.45, 2.75) is 38.3 Å². The van der Waals surface area contributed by atoms with Crippen molar-refractivity contribution < 1.29 is 4.79 Å². The minimum atomic E-state index is -0.0216. The Morgan fingerprint density at radius 1 is 1.43 bits per heavy atom. The number of nitrogens with one attached hydrogen (secondary N) is 1. The van der Waals surface area contributed by atoms with Gasteiger partial charge < -0.3 is 5.32 Å². The van der Waals surface area contributed by atoms with Crippen molar-refractivity contribution in [3.05, 3.63) is 20.8 Å². The molecule has 2 aromatic heterocycles. The highest BCUT2D eigenvalue weighted by Gasteiger charge is 2.22. The van der Waals surface area contributed by atoms with Crippen LogP contribution in [0.2, 0.25) is 0 Å². The Balaban J connectivity index is 1.81. The molecule has 0 aliphatic heterocycles. The predicted molar refractivity (Wildman–Crippen MR) is 95.5 cm³/mol. The Labute approximate surface area is 143 Å². The summed E-state index contributed by atoms with van der Waals surface area (Å²) in [7, 11) is 1.74. The summed E-state index contributed by atoms with van der Waals surface area (Å²) < 4.78 is 1.58. The van der Waals surface area contributed by atoms with Crippen LogP contribution in [0.4, 0.5) is 0 Å². The lowest BCUT2D eigenvalue weighted by Gasteiger charge is -2.09. The van der Waals surface area contributed by atoms with Crippen LogP contribution in [0.5, 0.6) is 0 Å². The Hall–Kier alpha value is -1.34. The fourth-order valence-corrected chi connectivity index (χ4v) is 4.84. The topological polar surface area (TPSA) is 64.0 Å². The number of nitrogens with zero attached hydrogens (tertiary/aromatic N) is 2. The van der Waals surface area contributed by atoms with Gasteiger partial charge >= 0.3 is 0 Å². The van der Waals surface area contributed by atoms with Crippen LogP contribution in [0.1, 0.15) is 30.7 Å². The molecule has 1 aliphatic rings. The fourth-order valence-electron chi connectivity index (χ4n) is 2.73. The zero-order valence-electron chi connectivity index (χ0n) is 13.6. The largest absolute Gasteiger partial charge is 0.355 e. The maximum atomic E-state index is 12.6. The monoisotopic (exact) mass is 351 g/mol. The van der Waals surface area contributed by atoms with E-state index in [1.54, 1.807) is 23.0 Å². The number of hydrogen-bond donors (Lipinski definition) is 1. The molecule has 2 heterocycles. The van der Waals surface area contributed by atoms with Crippen molar-refractivity contribution in [3.8, 4) is 0 Å². The molecule has 0 saturated carbocycles. The number of rotatable bonds is 5. The second kappa shape index (κ2) is 6.65. The van der Waals surface area contributed by atoms with E-state index < -0.39 is 0 Å². The molecule has 0 bridgehead atoms. The first-order valence-corrected chi connectivity index (χ1v) is 9.68. The Kier molecular flexibility index (Phi) is 4.77. The van der Waals surface area contributed by atoms with E-state index >= 15 is 0 Å². The van der Waals surface area contributed by atoms with Gasteiger partial charge in [0.1, 0.15) is 4.83 Å². The molecular weight excluding hydrogens is 330 g/mol. The van der Waals surface area contributed by atoms with Gasteiger partial charge in [0.25, 0.3) is 5.56 Å². The summed E-state index contributed by atoms with van der Waals surface area (Å²) in [4.78, 5) is 31.3. The third-order valence-electron chi connectivity index (χ3n) is 3.95. The van der Waals surface area contributed by atoms with Crippen molar-refractivity contribution in [1.82, 2.24) is 14.9 Å². The van der Waals surface area contributed by atoms with Crippen molar-refractivity contribution in [2.75, 3.05) is 12.3 Å². The van der Waals surface area contributed by atoms with Gasteiger partial charge in [-0.3, -0.25) is 14.2 Å². The predicted octanol–water partition coefficient (Wildman–Crippen LogP) is 2.35. The molecule has 7 heteroatoms. The number of hydrogen-bond acceptors (Lipinski definition) is 5. The van der Waals surface area contributed by atoms with Crippen LogP contribution < -0.4 is 10.9 Å². The average Bonchev–Trinajstić information content (AvgIpc) is 3.07.